The molecule has 1 saturated carbocycles. The molecule has 2 nitrogen and oxygen atoms in total. The third-order valence-corrected chi connectivity index (χ3v) is 4.86. The van der Waals surface area contributed by atoms with Crippen LogP contribution in [0.4, 0.5) is 4.39 Å². The van der Waals surface area contributed by atoms with Gasteiger partial charge in [0.15, 0.2) is 0 Å². The van der Waals surface area contributed by atoms with Gasteiger partial charge in [-0.25, -0.2) is 4.39 Å². The van der Waals surface area contributed by atoms with Crippen molar-refractivity contribution in [3.63, 3.8) is 0 Å². The van der Waals surface area contributed by atoms with E-state index in [4.69, 9.17) is 4.74 Å². The number of ether oxygens (including phenoxy) is 1. The lowest BCUT2D eigenvalue weighted by molar-refractivity contribution is 0.219. The third kappa shape index (κ3) is 3.97. The van der Waals surface area contributed by atoms with Gasteiger partial charge in [-0.05, 0) is 62.4 Å². The van der Waals surface area contributed by atoms with E-state index in [0.29, 0.717) is 11.8 Å². The predicted molar refractivity (Wildman–Crippen MR) is 85.4 cm³/mol. The Morgan fingerprint density at radius 3 is 2.81 bits per heavy atom. The number of benzene rings is 1. The van der Waals surface area contributed by atoms with Gasteiger partial charge in [0.2, 0.25) is 0 Å². The number of halogens is 1. The number of hydrogen-bond donors (Lipinski definition) is 1. The van der Waals surface area contributed by atoms with E-state index in [9.17, 15) is 4.39 Å². The SMILES string of the molecule is CCCC1CCC(CNC)C(c2cc(F)ccc2OC)C1. The predicted octanol–water partition coefficient (Wildman–Crippen LogP) is 4.35. The third-order valence-electron chi connectivity index (χ3n) is 4.86. The van der Waals surface area contributed by atoms with Crippen molar-refractivity contribution in [2.45, 2.75) is 44.9 Å². The van der Waals surface area contributed by atoms with Crippen molar-refractivity contribution >= 4 is 0 Å². The molecule has 3 atom stereocenters. The molecule has 0 bridgehead atoms. The first-order chi connectivity index (χ1) is 10.2. The van der Waals surface area contributed by atoms with Gasteiger partial charge in [0, 0.05) is 5.56 Å². The van der Waals surface area contributed by atoms with Gasteiger partial charge in [0.1, 0.15) is 11.6 Å². The van der Waals surface area contributed by atoms with Crippen LogP contribution in [0.3, 0.4) is 0 Å². The second-order valence-electron chi connectivity index (χ2n) is 6.28. The van der Waals surface area contributed by atoms with Crippen LogP contribution in [-0.2, 0) is 0 Å². The quantitative estimate of drug-likeness (QED) is 0.841. The summed E-state index contributed by atoms with van der Waals surface area (Å²) < 4.78 is 19.2. The maximum absolute atomic E-state index is 13.7. The van der Waals surface area contributed by atoms with Gasteiger partial charge in [0.05, 0.1) is 7.11 Å². The minimum absolute atomic E-state index is 0.161. The van der Waals surface area contributed by atoms with Crippen LogP contribution in [0.25, 0.3) is 0 Å². The van der Waals surface area contributed by atoms with E-state index in [1.54, 1.807) is 19.2 Å². The summed E-state index contributed by atoms with van der Waals surface area (Å²) in [6, 6.07) is 4.94. The first kappa shape index (κ1) is 16.3. The van der Waals surface area contributed by atoms with Crippen molar-refractivity contribution < 1.29 is 9.13 Å². The molecule has 118 valence electrons. The lowest BCUT2D eigenvalue weighted by atomic mass is 9.70. The number of nitrogens with one attached hydrogen (secondary N) is 1. The Balaban J connectivity index is 2.28. The minimum atomic E-state index is -0.161. The smallest absolute Gasteiger partial charge is 0.123 e. The molecule has 2 rings (SSSR count). The molecular formula is C18H28FNO. The highest BCUT2D eigenvalue weighted by Crippen LogP contribution is 2.44. The van der Waals surface area contributed by atoms with Gasteiger partial charge in [-0.1, -0.05) is 26.2 Å². The van der Waals surface area contributed by atoms with Crippen molar-refractivity contribution in [1.29, 1.82) is 0 Å². The van der Waals surface area contributed by atoms with E-state index in [0.717, 1.165) is 30.2 Å². The zero-order chi connectivity index (χ0) is 15.2. The fourth-order valence-corrected chi connectivity index (χ4v) is 3.87. The Morgan fingerprint density at radius 2 is 2.14 bits per heavy atom. The molecule has 0 saturated heterocycles. The van der Waals surface area contributed by atoms with Crippen LogP contribution < -0.4 is 10.1 Å². The van der Waals surface area contributed by atoms with Gasteiger partial charge in [-0.15, -0.1) is 0 Å². The Labute approximate surface area is 128 Å². The highest BCUT2D eigenvalue weighted by Gasteiger charge is 2.32. The zero-order valence-electron chi connectivity index (χ0n) is 13.5. The fraction of sp³-hybridized carbons (Fsp3) is 0.667. The summed E-state index contributed by atoms with van der Waals surface area (Å²) >= 11 is 0. The molecule has 0 radical (unpaired) electrons. The van der Waals surface area contributed by atoms with E-state index in [2.05, 4.69) is 12.2 Å². The summed E-state index contributed by atoms with van der Waals surface area (Å²) in [6.07, 6.45) is 6.18. The Kier molecular flexibility index (Phi) is 6.04. The molecule has 1 fully saturated rings. The summed E-state index contributed by atoms with van der Waals surface area (Å²) in [5, 5.41) is 3.30. The van der Waals surface area contributed by atoms with Crippen LogP contribution in [0, 0.1) is 17.7 Å². The number of rotatable bonds is 6. The number of hydrogen-bond acceptors (Lipinski definition) is 2. The summed E-state index contributed by atoms with van der Waals surface area (Å²) in [4.78, 5) is 0. The van der Waals surface area contributed by atoms with Crippen molar-refractivity contribution in [2.24, 2.45) is 11.8 Å². The van der Waals surface area contributed by atoms with Gasteiger partial charge in [0.25, 0.3) is 0 Å². The largest absolute Gasteiger partial charge is 0.496 e. The first-order valence-corrected chi connectivity index (χ1v) is 8.17. The standard InChI is InChI=1S/C18H28FNO/c1-4-5-13-6-7-14(12-20-2)16(10-13)17-11-15(19)8-9-18(17)21-3/h8-9,11,13-14,16,20H,4-7,10,12H2,1-3H3. The summed E-state index contributed by atoms with van der Waals surface area (Å²) in [6.45, 7) is 3.24. The van der Waals surface area contributed by atoms with Crippen LogP contribution >= 0.6 is 0 Å². The molecule has 0 heterocycles. The molecular weight excluding hydrogens is 265 g/mol. The van der Waals surface area contributed by atoms with Crippen LogP contribution in [0.5, 0.6) is 5.75 Å². The fourth-order valence-electron chi connectivity index (χ4n) is 3.87. The van der Waals surface area contributed by atoms with Crippen molar-refractivity contribution in [3.05, 3.63) is 29.6 Å². The van der Waals surface area contributed by atoms with E-state index in [-0.39, 0.29) is 5.82 Å². The molecule has 1 aliphatic carbocycles. The van der Waals surface area contributed by atoms with E-state index in [1.165, 1.54) is 31.7 Å². The second kappa shape index (κ2) is 7.79. The highest BCUT2D eigenvalue weighted by molar-refractivity contribution is 5.37. The average Bonchev–Trinajstić information content (AvgIpc) is 2.49. The summed E-state index contributed by atoms with van der Waals surface area (Å²) in [5.74, 6) is 2.40. The van der Waals surface area contributed by atoms with Gasteiger partial charge >= 0.3 is 0 Å². The average molecular weight is 293 g/mol. The molecule has 0 spiro atoms. The molecule has 3 heteroatoms. The summed E-state index contributed by atoms with van der Waals surface area (Å²) in [7, 11) is 3.67. The van der Waals surface area contributed by atoms with Crippen molar-refractivity contribution in [1.82, 2.24) is 5.32 Å². The van der Waals surface area contributed by atoms with Crippen LogP contribution in [0.1, 0.15) is 50.5 Å². The Bertz CT molecular complexity index is 449. The molecule has 21 heavy (non-hydrogen) atoms. The normalized spacial score (nSPS) is 25.8. The topological polar surface area (TPSA) is 21.3 Å². The second-order valence-corrected chi connectivity index (χ2v) is 6.28. The summed E-state index contributed by atoms with van der Waals surface area (Å²) in [5.41, 5.74) is 1.05. The van der Waals surface area contributed by atoms with Gasteiger partial charge < -0.3 is 10.1 Å². The lowest BCUT2D eigenvalue weighted by Gasteiger charge is -2.37. The molecule has 0 aromatic heterocycles. The van der Waals surface area contributed by atoms with E-state index >= 15 is 0 Å². The van der Waals surface area contributed by atoms with E-state index < -0.39 is 0 Å². The number of methoxy groups -OCH3 is 1. The Morgan fingerprint density at radius 1 is 1.33 bits per heavy atom. The Hall–Kier alpha value is -1.09. The van der Waals surface area contributed by atoms with Crippen LogP contribution in [0.2, 0.25) is 0 Å². The molecule has 1 N–H and O–H groups in total. The zero-order valence-corrected chi connectivity index (χ0v) is 13.5. The van der Waals surface area contributed by atoms with Crippen LogP contribution in [0.15, 0.2) is 18.2 Å². The lowest BCUT2D eigenvalue weighted by Crippen LogP contribution is -2.31. The minimum Gasteiger partial charge on any atom is -0.496 e. The van der Waals surface area contributed by atoms with Crippen molar-refractivity contribution in [2.75, 3.05) is 20.7 Å². The van der Waals surface area contributed by atoms with E-state index in [1.807, 2.05) is 7.05 Å². The maximum Gasteiger partial charge on any atom is 0.123 e. The molecule has 1 aromatic rings. The highest BCUT2D eigenvalue weighted by atomic mass is 19.1. The monoisotopic (exact) mass is 293 g/mol. The molecule has 0 aliphatic heterocycles. The maximum atomic E-state index is 13.7. The van der Waals surface area contributed by atoms with Gasteiger partial charge in [-0.2, -0.15) is 0 Å². The van der Waals surface area contributed by atoms with Gasteiger partial charge in [-0.3, -0.25) is 0 Å². The molecule has 0 amide bonds. The van der Waals surface area contributed by atoms with Crippen LogP contribution in [-0.4, -0.2) is 20.7 Å². The first-order valence-electron chi connectivity index (χ1n) is 8.17. The van der Waals surface area contributed by atoms with Crippen molar-refractivity contribution in [3.8, 4) is 5.75 Å². The molecule has 1 aliphatic rings. The molecule has 3 unspecified atom stereocenters. The molecule has 1 aromatic carbocycles.